The zero-order valence-electron chi connectivity index (χ0n) is 16.7. The predicted molar refractivity (Wildman–Crippen MR) is 108 cm³/mol. The maximum atomic E-state index is 11.8. The molecule has 1 atom stereocenters. The molecule has 0 saturated carbocycles. The summed E-state index contributed by atoms with van der Waals surface area (Å²) in [6.07, 6.45) is 0.951. The molecule has 0 aromatic heterocycles. The number of nitrogens with one attached hydrogen (secondary N) is 2. The van der Waals surface area contributed by atoms with E-state index in [2.05, 4.69) is 39.7 Å². The van der Waals surface area contributed by atoms with E-state index in [4.69, 9.17) is 4.74 Å². The molecule has 1 aromatic carbocycles. The topological polar surface area (TPSA) is 69.2 Å². The molecule has 0 aliphatic heterocycles. The first-order valence-corrected chi connectivity index (χ1v) is 8.94. The Bertz CT molecular complexity index is 548. The van der Waals surface area contributed by atoms with Crippen molar-refractivity contribution in [3.8, 4) is 0 Å². The second-order valence-corrected chi connectivity index (χ2v) is 6.49. The molecule has 0 saturated heterocycles. The Morgan fingerprint density at radius 1 is 1.23 bits per heavy atom. The largest absolute Gasteiger partial charge is 0.383 e. The molecule has 0 fully saturated rings. The van der Waals surface area contributed by atoms with Crippen LogP contribution in [0.25, 0.3) is 0 Å². The van der Waals surface area contributed by atoms with Crippen LogP contribution in [0.15, 0.2) is 35.3 Å². The van der Waals surface area contributed by atoms with Crippen LogP contribution in [-0.2, 0) is 9.53 Å². The fourth-order valence-electron chi connectivity index (χ4n) is 2.30. The molecule has 2 N–H and O–H groups in total. The SMILES string of the molecule is COCC(C)NC(=NCC(=O)N(C)C)NCCCN(C)c1ccccc1. The summed E-state index contributed by atoms with van der Waals surface area (Å²) in [4.78, 5) is 19.9. The lowest BCUT2D eigenvalue weighted by Crippen LogP contribution is -2.45. The minimum absolute atomic E-state index is 0.0331. The van der Waals surface area contributed by atoms with E-state index in [0.717, 1.165) is 19.5 Å². The molecule has 0 radical (unpaired) electrons. The number of carbonyl (C=O) groups is 1. The summed E-state index contributed by atoms with van der Waals surface area (Å²) in [6, 6.07) is 10.4. The Kier molecular flexibility index (Phi) is 10.2. The number of nitrogens with zero attached hydrogens (tertiary/aromatic N) is 3. The number of benzene rings is 1. The van der Waals surface area contributed by atoms with Crippen LogP contribution in [-0.4, -0.2) is 77.3 Å². The van der Waals surface area contributed by atoms with Crippen LogP contribution in [0.3, 0.4) is 0 Å². The highest BCUT2D eigenvalue weighted by Crippen LogP contribution is 2.10. The van der Waals surface area contributed by atoms with E-state index in [1.807, 2.05) is 25.1 Å². The van der Waals surface area contributed by atoms with Gasteiger partial charge >= 0.3 is 0 Å². The highest BCUT2D eigenvalue weighted by atomic mass is 16.5. The smallest absolute Gasteiger partial charge is 0.243 e. The van der Waals surface area contributed by atoms with Crippen molar-refractivity contribution in [3.63, 3.8) is 0 Å². The van der Waals surface area contributed by atoms with Crippen LogP contribution in [0.1, 0.15) is 13.3 Å². The maximum Gasteiger partial charge on any atom is 0.243 e. The van der Waals surface area contributed by atoms with Crippen molar-refractivity contribution in [1.29, 1.82) is 0 Å². The van der Waals surface area contributed by atoms with Crippen LogP contribution in [0.4, 0.5) is 5.69 Å². The van der Waals surface area contributed by atoms with Gasteiger partial charge in [0.2, 0.25) is 5.91 Å². The number of aliphatic imine (C=N–C) groups is 1. The molecule has 1 aromatic rings. The third kappa shape index (κ3) is 8.71. The molecule has 7 heteroatoms. The number of para-hydroxylation sites is 1. The van der Waals surface area contributed by atoms with Crippen LogP contribution in [0.2, 0.25) is 0 Å². The normalized spacial score (nSPS) is 12.4. The number of likely N-dealkylation sites (N-methyl/N-ethyl adjacent to an activating group) is 1. The number of carbonyl (C=O) groups excluding carboxylic acids is 1. The first kappa shape index (κ1) is 21.8. The second-order valence-electron chi connectivity index (χ2n) is 6.49. The predicted octanol–water partition coefficient (Wildman–Crippen LogP) is 1.17. The van der Waals surface area contributed by atoms with Gasteiger partial charge in [-0.15, -0.1) is 0 Å². The van der Waals surface area contributed by atoms with Crippen molar-refractivity contribution >= 4 is 17.6 Å². The van der Waals surface area contributed by atoms with E-state index in [9.17, 15) is 4.79 Å². The average molecular weight is 364 g/mol. The number of anilines is 1. The summed E-state index contributed by atoms with van der Waals surface area (Å²) in [5.74, 6) is 0.599. The molecule has 0 spiro atoms. The van der Waals surface area contributed by atoms with Gasteiger partial charge in [0, 0.05) is 53.1 Å². The Balaban J connectivity index is 2.48. The van der Waals surface area contributed by atoms with Crippen LogP contribution in [0.5, 0.6) is 0 Å². The number of ether oxygens (including phenoxy) is 1. The van der Waals surface area contributed by atoms with E-state index in [1.165, 1.54) is 10.6 Å². The fraction of sp³-hybridized carbons (Fsp3) is 0.579. The molecule has 26 heavy (non-hydrogen) atoms. The molecule has 0 bridgehead atoms. The van der Waals surface area contributed by atoms with Crippen LogP contribution < -0.4 is 15.5 Å². The van der Waals surface area contributed by atoms with Gasteiger partial charge in [0.1, 0.15) is 6.54 Å². The summed E-state index contributed by atoms with van der Waals surface area (Å²) in [6.45, 7) is 4.39. The van der Waals surface area contributed by atoms with Gasteiger partial charge in [-0.2, -0.15) is 0 Å². The summed E-state index contributed by atoms with van der Waals surface area (Å²) in [7, 11) is 7.20. The zero-order chi connectivity index (χ0) is 19.4. The van der Waals surface area contributed by atoms with Crippen molar-refractivity contribution in [2.24, 2.45) is 4.99 Å². The van der Waals surface area contributed by atoms with Gasteiger partial charge < -0.3 is 25.2 Å². The van der Waals surface area contributed by atoms with E-state index in [-0.39, 0.29) is 18.5 Å². The maximum absolute atomic E-state index is 11.8. The molecule has 1 rings (SSSR count). The summed E-state index contributed by atoms with van der Waals surface area (Å²) in [5, 5.41) is 6.56. The number of guanidine groups is 1. The molecule has 0 heterocycles. The highest BCUT2D eigenvalue weighted by Gasteiger charge is 2.08. The lowest BCUT2D eigenvalue weighted by Gasteiger charge is -2.21. The lowest BCUT2D eigenvalue weighted by atomic mass is 10.3. The van der Waals surface area contributed by atoms with Crippen molar-refractivity contribution in [2.75, 3.05) is 59.4 Å². The molecule has 0 aliphatic rings. The Hall–Kier alpha value is -2.28. The number of rotatable bonds is 10. The van der Waals surface area contributed by atoms with Gasteiger partial charge in [-0.05, 0) is 25.5 Å². The van der Waals surface area contributed by atoms with Gasteiger partial charge in [0.25, 0.3) is 0 Å². The first-order chi connectivity index (χ1) is 12.4. The van der Waals surface area contributed by atoms with Crippen LogP contribution in [0, 0.1) is 0 Å². The number of methoxy groups -OCH3 is 1. The van der Waals surface area contributed by atoms with Crippen molar-refractivity contribution in [2.45, 2.75) is 19.4 Å². The molecular weight excluding hydrogens is 330 g/mol. The van der Waals surface area contributed by atoms with Gasteiger partial charge in [-0.3, -0.25) is 4.79 Å². The van der Waals surface area contributed by atoms with E-state index >= 15 is 0 Å². The Labute approximate surface area is 157 Å². The minimum atomic E-state index is -0.0331. The third-order valence-corrected chi connectivity index (χ3v) is 3.83. The Morgan fingerprint density at radius 2 is 1.92 bits per heavy atom. The van der Waals surface area contributed by atoms with Gasteiger partial charge in [0.15, 0.2) is 5.96 Å². The molecule has 1 amide bonds. The first-order valence-electron chi connectivity index (χ1n) is 8.94. The van der Waals surface area contributed by atoms with Crippen LogP contribution >= 0.6 is 0 Å². The summed E-state index contributed by atoms with van der Waals surface area (Å²) < 4.78 is 5.15. The van der Waals surface area contributed by atoms with E-state index < -0.39 is 0 Å². The molecule has 0 aliphatic carbocycles. The Morgan fingerprint density at radius 3 is 2.54 bits per heavy atom. The van der Waals surface area contributed by atoms with E-state index in [1.54, 1.807) is 21.2 Å². The number of hydrogen-bond acceptors (Lipinski definition) is 4. The monoisotopic (exact) mass is 363 g/mol. The fourth-order valence-corrected chi connectivity index (χ4v) is 2.30. The summed E-state index contributed by atoms with van der Waals surface area (Å²) in [5.41, 5.74) is 1.20. The third-order valence-electron chi connectivity index (χ3n) is 3.83. The molecule has 146 valence electrons. The molecule has 7 nitrogen and oxygen atoms in total. The van der Waals surface area contributed by atoms with Crippen molar-refractivity contribution in [1.82, 2.24) is 15.5 Å². The average Bonchev–Trinajstić information content (AvgIpc) is 2.63. The van der Waals surface area contributed by atoms with Gasteiger partial charge in [-0.25, -0.2) is 4.99 Å². The van der Waals surface area contributed by atoms with Crippen molar-refractivity contribution < 1.29 is 9.53 Å². The molecule has 1 unspecified atom stereocenters. The number of amides is 1. The van der Waals surface area contributed by atoms with Gasteiger partial charge in [0.05, 0.1) is 6.61 Å². The number of hydrogen-bond donors (Lipinski definition) is 2. The molecular formula is C19H33N5O2. The summed E-state index contributed by atoms with van der Waals surface area (Å²) >= 11 is 0. The minimum Gasteiger partial charge on any atom is -0.383 e. The van der Waals surface area contributed by atoms with Crippen molar-refractivity contribution in [3.05, 3.63) is 30.3 Å². The standard InChI is InChI=1S/C19H33N5O2/c1-16(15-26-5)22-19(21-14-18(25)23(2)3)20-12-9-13-24(4)17-10-7-6-8-11-17/h6-8,10-11,16H,9,12-15H2,1-5H3,(H2,20,21,22). The van der Waals surface area contributed by atoms with Gasteiger partial charge in [-0.1, -0.05) is 18.2 Å². The second kappa shape index (κ2) is 12.1. The lowest BCUT2D eigenvalue weighted by molar-refractivity contribution is -0.127. The highest BCUT2D eigenvalue weighted by molar-refractivity contribution is 5.84. The van der Waals surface area contributed by atoms with E-state index in [0.29, 0.717) is 12.6 Å². The quantitative estimate of drug-likeness (QED) is 0.371. The zero-order valence-corrected chi connectivity index (χ0v) is 16.7.